The first-order valence-electron chi connectivity index (χ1n) is 5.50. The number of amides is 1. The van der Waals surface area contributed by atoms with Gasteiger partial charge in [0.2, 0.25) is 0 Å². The minimum absolute atomic E-state index is 0.185. The maximum Gasteiger partial charge on any atom is 0.257 e. The molecule has 0 spiro atoms. The van der Waals surface area contributed by atoms with E-state index < -0.39 is 0 Å². The molecule has 1 heterocycles. The summed E-state index contributed by atoms with van der Waals surface area (Å²) >= 11 is 6.78. The molecule has 0 fully saturated rings. The molecule has 0 unspecified atom stereocenters. The van der Waals surface area contributed by atoms with E-state index in [2.05, 4.69) is 47.5 Å². The first kappa shape index (κ1) is 14.0. The molecule has 0 aliphatic rings. The zero-order chi connectivity index (χ0) is 13.8. The largest absolute Gasteiger partial charge is 0.386 e. The lowest BCUT2D eigenvalue weighted by Gasteiger charge is -2.10. The Balaban J connectivity index is 2.26. The van der Waals surface area contributed by atoms with Crippen LogP contribution in [0.15, 0.2) is 45.6 Å². The Morgan fingerprint density at radius 1 is 1.21 bits per heavy atom. The number of carbonyl (C=O) groups excluding carboxylic acids is 1. The van der Waals surface area contributed by atoms with E-state index in [9.17, 15) is 4.79 Å². The summed E-state index contributed by atoms with van der Waals surface area (Å²) in [7, 11) is 1.75. The van der Waals surface area contributed by atoms with Crippen LogP contribution >= 0.6 is 31.9 Å². The number of nitrogens with one attached hydrogen (secondary N) is 2. The lowest BCUT2D eigenvalue weighted by Crippen LogP contribution is -2.14. The Bertz CT molecular complexity index is 617. The van der Waals surface area contributed by atoms with E-state index in [-0.39, 0.29) is 5.91 Å². The highest BCUT2D eigenvalue weighted by Crippen LogP contribution is 2.27. The van der Waals surface area contributed by atoms with E-state index in [0.717, 1.165) is 8.95 Å². The van der Waals surface area contributed by atoms with E-state index in [1.54, 1.807) is 25.5 Å². The third-order valence-electron chi connectivity index (χ3n) is 2.51. The van der Waals surface area contributed by atoms with Crippen molar-refractivity contribution in [3.63, 3.8) is 0 Å². The molecule has 0 atom stereocenters. The molecular weight excluding hydrogens is 374 g/mol. The van der Waals surface area contributed by atoms with E-state index in [1.165, 1.54) is 0 Å². The lowest BCUT2D eigenvalue weighted by atomic mass is 10.2. The molecule has 0 radical (unpaired) electrons. The standard InChI is InChI=1S/C13H11Br2N3O/c1-16-12-7-17-5-4-9(12)13(19)18-11-3-2-8(14)6-10(11)15/h2-7,16H,1H3,(H,18,19). The third-order valence-corrected chi connectivity index (χ3v) is 3.66. The molecule has 1 aromatic carbocycles. The number of aromatic nitrogens is 1. The highest BCUT2D eigenvalue weighted by molar-refractivity contribution is 9.11. The minimum Gasteiger partial charge on any atom is -0.386 e. The second kappa shape index (κ2) is 6.16. The quantitative estimate of drug-likeness (QED) is 0.843. The van der Waals surface area contributed by atoms with Crippen LogP contribution in [-0.2, 0) is 0 Å². The average Bonchev–Trinajstić information content (AvgIpc) is 2.41. The molecule has 2 N–H and O–H groups in total. The molecule has 19 heavy (non-hydrogen) atoms. The van der Waals surface area contributed by atoms with Crippen molar-refractivity contribution in [1.82, 2.24) is 4.98 Å². The van der Waals surface area contributed by atoms with Crippen LogP contribution < -0.4 is 10.6 Å². The van der Waals surface area contributed by atoms with Gasteiger partial charge in [0.15, 0.2) is 0 Å². The van der Waals surface area contributed by atoms with Gasteiger partial charge in [-0.15, -0.1) is 0 Å². The topological polar surface area (TPSA) is 54.0 Å². The molecule has 4 nitrogen and oxygen atoms in total. The Kier molecular flexibility index (Phi) is 4.55. The number of anilines is 2. The summed E-state index contributed by atoms with van der Waals surface area (Å²) in [5.74, 6) is -0.185. The number of hydrogen-bond donors (Lipinski definition) is 2. The van der Waals surface area contributed by atoms with Gasteiger partial charge in [0, 0.05) is 22.2 Å². The van der Waals surface area contributed by atoms with Crippen LogP contribution in [0.2, 0.25) is 0 Å². The van der Waals surface area contributed by atoms with E-state index in [0.29, 0.717) is 16.9 Å². The van der Waals surface area contributed by atoms with Crippen LogP contribution in [0, 0.1) is 0 Å². The number of halogens is 2. The molecular formula is C13H11Br2N3O. The van der Waals surface area contributed by atoms with Crippen molar-refractivity contribution in [1.29, 1.82) is 0 Å². The van der Waals surface area contributed by atoms with Gasteiger partial charge in [-0.1, -0.05) is 15.9 Å². The van der Waals surface area contributed by atoms with Crippen molar-refractivity contribution in [3.8, 4) is 0 Å². The first-order valence-corrected chi connectivity index (χ1v) is 7.08. The van der Waals surface area contributed by atoms with Crippen molar-refractivity contribution in [2.45, 2.75) is 0 Å². The summed E-state index contributed by atoms with van der Waals surface area (Å²) in [5, 5.41) is 5.80. The molecule has 2 aromatic rings. The molecule has 0 aliphatic heterocycles. The van der Waals surface area contributed by atoms with E-state index in [4.69, 9.17) is 0 Å². The number of hydrogen-bond acceptors (Lipinski definition) is 3. The predicted molar refractivity (Wildman–Crippen MR) is 83.6 cm³/mol. The van der Waals surface area contributed by atoms with Crippen LogP contribution in [0.3, 0.4) is 0 Å². The second-order valence-electron chi connectivity index (χ2n) is 3.75. The molecule has 0 aliphatic carbocycles. The fourth-order valence-electron chi connectivity index (χ4n) is 1.57. The number of rotatable bonds is 3. The number of benzene rings is 1. The normalized spacial score (nSPS) is 10.1. The van der Waals surface area contributed by atoms with Gasteiger partial charge in [0.25, 0.3) is 5.91 Å². The summed E-state index contributed by atoms with van der Waals surface area (Å²) in [4.78, 5) is 16.2. The fourth-order valence-corrected chi connectivity index (χ4v) is 2.72. The van der Waals surface area contributed by atoms with Gasteiger partial charge in [-0.2, -0.15) is 0 Å². The summed E-state index contributed by atoms with van der Waals surface area (Å²) in [6.07, 6.45) is 3.21. The summed E-state index contributed by atoms with van der Waals surface area (Å²) in [5.41, 5.74) is 1.95. The van der Waals surface area contributed by atoms with Gasteiger partial charge in [0.1, 0.15) is 0 Å². The van der Waals surface area contributed by atoms with Crippen molar-refractivity contribution >= 4 is 49.1 Å². The van der Waals surface area contributed by atoms with Crippen LogP contribution in [0.4, 0.5) is 11.4 Å². The maximum atomic E-state index is 12.2. The van der Waals surface area contributed by atoms with E-state index in [1.807, 2.05) is 18.2 Å². The van der Waals surface area contributed by atoms with Crippen molar-refractivity contribution in [3.05, 3.63) is 51.2 Å². The zero-order valence-corrected chi connectivity index (χ0v) is 13.2. The molecule has 6 heteroatoms. The molecule has 0 saturated heterocycles. The first-order chi connectivity index (χ1) is 9.11. The van der Waals surface area contributed by atoms with Gasteiger partial charge < -0.3 is 10.6 Å². The van der Waals surface area contributed by atoms with Gasteiger partial charge in [-0.25, -0.2) is 0 Å². The fraction of sp³-hybridized carbons (Fsp3) is 0.0769. The summed E-state index contributed by atoms with van der Waals surface area (Å²) in [6.45, 7) is 0. The van der Waals surface area contributed by atoms with E-state index >= 15 is 0 Å². The molecule has 0 saturated carbocycles. The van der Waals surface area contributed by atoms with Crippen LogP contribution in [-0.4, -0.2) is 17.9 Å². The smallest absolute Gasteiger partial charge is 0.257 e. The van der Waals surface area contributed by atoms with Gasteiger partial charge in [-0.05, 0) is 40.2 Å². The van der Waals surface area contributed by atoms with Crippen molar-refractivity contribution in [2.24, 2.45) is 0 Å². The Morgan fingerprint density at radius 2 is 2.00 bits per heavy atom. The highest BCUT2D eigenvalue weighted by atomic mass is 79.9. The summed E-state index contributed by atoms with van der Waals surface area (Å²) in [6, 6.07) is 7.24. The molecule has 0 bridgehead atoms. The van der Waals surface area contributed by atoms with Crippen molar-refractivity contribution < 1.29 is 4.79 Å². The second-order valence-corrected chi connectivity index (χ2v) is 5.52. The van der Waals surface area contributed by atoms with Gasteiger partial charge in [-0.3, -0.25) is 9.78 Å². The Labute approximate surface area is 127 Å². The van der Waals surface area contributed by atoms with Gasteiger partial charge >= 0.3 is 0 Å². The SMILES string of the molecule is CNc1cnccc1C(=O)Nc1ccc(Br)cc1Br. The minimum atomic E-state index is -0.185. The van der Waals surface area contributed by atoms with Crippen LogP contribution in [0.25, 0.3) is 0 Å². The molecule has 2 rings (SSSR count). The molecule has 1 aromatic heterocycles. The average molecular weight is 385 g/mol. The van der Waals surface area contributed by atoms with Crippen LogP contribution in [0.5, 0.6) is 0 Å². The summed E-state index contributed by atoms with van der Waals surface area (Å²) < 4.78 is 1.76. The molecule has 1 amide bonds. The zero-order valence-electron chi connectivity index (χ0n) is 10.1. The van der Waals surface area contributed by atoms with Crippen molar-refractivity contribution in [2.75, 3.05) is 17.7 Å². The third kappa shape index (κ3) is 3.33. The lowest BCUT2D eigenvalue weighted by molar-refractivity contribution is 0.102. The number of carbonyl (C=O) groups is 1. The maximum absolute atomic E-state index is 12.2. The number of nitrogens with zero attached hydrogens (tertiary/aromatic N) is 1. The predicted octanol–water partition coefficient (Wildman–Crippen LogP) is 3.90. The number of pyridine rings is 1. The van der Waals surface area contributed by atoms with Gasteiger partial charge in [0.05, 0.1) is 23.1 Å². The highest BCUT2D eigenvalue weighted by Gasteiger charge is 2.12. The Morgan fingerprint density at radius 3 is 2.68 bits per heavy atom. The monoisotopic (exact) mass is 383 g/mol. The Hall–Kier alpha value is -1.40. The van der Waals surface area contributed by atoms with Crippen LogP contribution in [0.1, 0.15) is 10.4 Å². The molecule has 98 valence electrons.